The molecule has 2 aliphatic rings. The molecule has 148 valence electrons. The van der Waals surface area contributed by atoms with Gasteiger partial charge in [0.05, 0.1) is 4.88 Å². The maximum atomic E-state index is 12.6. The summed E-state index contributed by atoms with van der Waals surface area (Å²) in [7, 11) is 0. The minimum Gasteiger partial charge on any atom is -0.348 e. The first-order valence-corrected chi connectivity index (χ1v) is 9.74. The smallest absolute Gasteiger partial charge is 0.348 e. The summed E-state index contributed by atoms with van der Waals surface area (Å²) >= 11 is 1.19. The Labute approximate surface area is 163 Å². The van der Waals surface area contributed by atoms with E-state index in [0.717, 1.165) is 19.4 Å². The van der Waals surface area contributed by atoms with Crippen LogP contribution in [0.2, 0.25) is 0 Å². The lowest BCUT2D eigenvalue weighted by atomic mass is 10.0. The number of nitrogens with one attached hydrogen (secondary N) is 3. The standard InChI is InChI=1S/C19H18F3N3O2S/c20-19(21,22)18(27)25-13-4-2-1-3-12(13)15-5-6-16(28-15)17(26)24-14-8-11-7-10(14)9-23-11/h1-6,10-11,14,23H,7-9H2,(H,24,26)(H,25,27). The zero-order chi connectivity index (χ0) is 19.9. The van der Waals surface area contributed by atoms with E-state index in [9.17, 15) is 22.8 Å². The van der Waals surface area contributed by atoms with Crippen LogP contribution in [0, 0.1) is 5.92 Å². The summed E-state index contributed by atoms with van der Waals surface area (Å²) in [5.41, 5.74) is 0.492. The monoisotopic (exact) mass is 409 g/mol. The van der Waals surface area contributed by atoms with Crippen LogP contribution >= 0.6 is 11.3 Å². The Morgan fingerprint density at radius 2 is 1.89 bits per heavy atom. The van der Waals surface area contributed by atoms with Crippen molar-refractivity contribution < 1.29 is 22.8 Å². The van der Waals surface area contributed by atoms with Crippen LogP contribution in [-0.2, 0) is 4.79 Å². The molecule has 5 nitrogen and oxygen atoms in total. The molecular weight excluding hydrogens is 391 g/mol. The number of piperidine rings is 1. The van der Waals surface area contributed by atoms with E-state index in [1.54, 1.807) is 30.3 Å². The van der Waals surface area contributed by atoms with Gasteiger partial charge in [-0.05, 0) is 37.0 Å². The molecular formula is C19H18F3N3O2S. The van der Waals surface area contributed by atoms with Gasteiger partial charge in [0.15, 0.2) is 0 Å². The first-order valence-electron chi connectivity index (χ1n) is 8.93. The third-order valence-electron chi connectivity index (χ3n) is 5.21. The normalized spacial score (nSPS) is 23.6. The number of rotatable bonds is 4. The largest absolute Gasteiger partial charge is 0.471 e. The van der Waals surface area contributed by atoms with Crippen molar-refractivity contribution in [3.05, 3.63) is 41.3 Å². The van der Waals surface area contributed by atoms with E-state index in [1.165, 1.54) is 17.4 Å². The van der Waals surface area contributed by atoms with Crippen LogP contribution in [0.3, 0.4) is 0 Å². The first kappa shape index (κ1) is 18.9. The van der Waals surface area contributed by atoms with Crippen LogP contribution in [0.25, 0.3) is 10.4 Å². The molecule has 1 aliphatic heterocycles. The molecule has 1 aromatic heterocycles. The number of fused-ring (bicyclic) bond motifs is 2. The number of alkyl halides is 3. The van der Waals surface area contributed by atoms with Gasteiger partial charge in [0, 0.05) is 34.8 Å². The van der Waals surface area contributed by atoms with Crippen LogP contribution < -0.4 is 16.0 Å². The molecule has 2 bridgehead atoms. The van der Waals surface area contributed by atoms with Gasteiger partial charge in [0.1, 0.15) is 0 Å². The van der Waals surface area contributed by atoms with Crippen LogP contribution in [-0.4, -0.2) is 36.6 Å². The van der Waals surface area contributed by atoms with Gasteiger partial charge < -0.3 is 16.0 Å². The summed E-state index contributed by atoms with van der Waals surface area (Å²) < 4.78 is 37.7. The molecule has 1 aromatic carbocycles. The molecule has 2 amide bonds. The predicted octanol–water partition coefficient (Wildman–Crippen LogP) is 3.40. The van der Waals surface area contributed by atoms with Crippen molar-refractivity contribution in [2.24, 2.45) is 5.92 Å². The molecule has 2 fully saturated rings. The lowest BCUT2D eigenvalue weighted by Crippen LogP contribution is -2.43. The molecule has 0 spiro atoms. The zero-order valence-electron chi connectivity index (χ0n) is 14.7. The number of anilines is 1. The number of hydrogen-bond donors (Lipinski definition) is 3. The van der Waals surface area contributed by atoms with Gasteiger partial charge in [0.2, 0.25) is 0 Å². The highest BCUT2D eigenvalue weighted by atomic mass is 32.1. The minimum absolute atomic E-state index is 0.0535. The lowest BCUT2D eigenvalue weighted by Gasteiger charge is -2.23. The van der Waals surface area contributed by atoms with Gasteiger partial charge in [-0.3, -0.25) is 9.59 Å². The number of carbonyl (C=O) groups is 2. The fourth-order valence-corrected chi connectivity index (χ4v) is 4.81. The van der Waals surface area contributed by atoms with Crippen molar-refractivity contribution in [2.45, 2.75) is 31.1 Å². The summed E-state index contributed by atoms with van der Waals surface area (Å²) in [6, 6.07) is 10.2. The fourth-order valence-electron chi connectivity index (χ4n) is 3.86. The molecule has 28 heavy (non-hydrogen) atoms. The van der Waals surface area contributed by atoms with Crippen LogP contribution in [0.15, 0.2) is 36.4 Å². The Morgan fingerprint density at radius 1 is 1.11 bits per heavy atom. The van der Waals surface area contributed by atoms with Crippen molar-refractivity contribution >= 4 is 28.8 Å². The second-order valence-corrected chi connectivity index (χ2v) is 8.16. The Kier molecular flexibility index (Phi) is 4.88. The summed E-state index contributed by atoms with van der Waals surface area (Å²) in [6.45, 7) is 0.914. The molecule has 1 saturated carbocycles. The number of amides is 2. The Morgan fingerprint density at radius 3 is 2.57 bits per heavy atom. The molecule has 4 rings (SSSR count). The van der Waals surface area contributed by atoms with Crippen molar-refractivity contribution in [1.29, 1.82) is 0 Å². The minimum atomic E-state index is -4.97. The lowest BCUT2D eigenvalue weighted by molar-refractivity contribution is -0.167. The molecule has 3 atom stereocenters. The van der Waals surface area contributed by atoms with Crippen LogP contribution in [0.1, 0.15) is 22.5 Å². The van der Waals surface area contributed by atoms with E-state index in [4.69, 9.17) is 0 Å². The molecule has 3 N–H and O–H groups in total. The second kappa shape index (κ2) is 7.21. The number of benzene rings is 1. The van der Waals surface area contributed by atoms with E-state index in [1.807, 2.05) is 5.32 Å². The SMILES string of the molecule is O=C(NC1CC2CC1CN2)c1ccc(-c2ccccc2NC(=O)C(F)(F)F)s1. The summed E-state index contributed by atoms with van der Waals surface area (Å²) in [5.74, 6) is -1.75. The number of hydrogen-bond acceptors (Lipinski definition) is 4. The maximum Gasteiger partial charge on any atom is 0.471 e. The predicted molar refractivity (Wildman–Crippen MR) is 100 cm³/mol. The van der Waals surface area contributed by atoms with Gasteiger partial charge in [-0.15, -0.1) is 11.3 Å². The Balaban J connectivity index is 1.50. The van der Waals surface area contributed by atoms with E-state index >= 15 is 0 Å². The van der Waals surface area contributed by atoms with Crippen LogP contribution in [0.5, 0.6) is 0 Å². The number of thiophene rings is 1. The summed E-state index contributed by atoms with van der Waals surface area (Å²) in [4.78, 5) is 25.0. The highest BCUT2D eigenvalue weighted by molar-refractivity contribution is 7.17. The van der Waals surface area contributed by atoms with Gasteiger partial charge in [0.25, 0.3) is 5.91 Å². The molecule has 0 radical (unpaired) electrons. The quantitative estimate of drug-likeness (QED) is 0.725. The van der Waals surface area contributed by atoms with E-state index in [-0.39, 0.29) is 17.6 Å². The number of halogens is 3. The van der Waals surface area contributed by atoms with Gasteiger partial charge in [-0.25, -0.2) is 0 Å². The van der Waals surface area contributed by atoms with E-state index in [2.05, 4.69) is 10.6 Å². The molecule has 2 aromatic rings. The summed E-state index contributed by atoms with van der Waals surface area (Å²) in [5, 5.41) is 8.36. The number of para-hydroxylation sites is 1. The first-order chi connectivity index (χ1) is 13.3. The second-order valence-electron chi connectivity index (χ2n) is 7.08. The summed E-state index contributed by atoms with van der Waals surface area (Å²) in [6.07, 6.45) is -2.98. The van der Waals surface area contributed by atoms with Crippen molar-refractivity contribution in [2.75, 3.05) is 11.9 Å². The average molecular weight is 409 g/mol. The Bertz CT molecular complexity index is 912. The third-order valence-corrected chi connectivity index (χ3v) is 6.33. The zero-order valence-corrected chi connectivity index (χ0v) is 15.5. The van der Waals surface area contributed by atoms with Crippen molar-refractivity contribution in [1.82, 2.24) is 10.6 Å². The van der Waals surface area contributed by atoms with Gasteiger partial charge in [-0.1, -0.05) is 18.2 Å². The van der Waals surface area contributed by atoms with E-state index < -0.39 is 12.1 Å². The highest BCUT2D eigenvalue weighted by Gasteiger charge is 2.40. The molecule has 9 heteroatoms. The molecule has 2 heterocycles. The maximum absolute atomic E-state index is 12.6. The topological polar surface area (TPSA) is 70.2 Å². The Hall–Kier alpha value is -2.39. The molecule has 3 unspecified atom stereocenters. The molecule has 1 saturated heterocycles. The highest BCUT2D eigenvalue weighted by Crippen LogP contribution is 2.35. The van der Waals surface area contributed by atoms with Gasteiger partial charge >= 0.3 is 12.1 Å². The number of carbonyl (C=O) groups excluding carboxylic acids is 2. The van der Waals surface area contributed by atoms with E-state index in [0.29, 0.717) is 27.3 Å². The fraction of sp³-hybridized carbons (Fsp3) is 0.368. The molecule has 1 aliphatic carbocycles. The van der Waals surface area contributed by atoms with Gasteiger partial charge in [-0.2, -0.15) is 13.2 Å². The average Bonchev–Trinajstić information content (AvgIpc) is 3.38. The van der Waals surface area contributed by atoms with Crippen molar-refractivity contribution in [3.63, 3.8) is 0 Å². The van der Waals surface area contributed by atoms with Crippen molar-refractivity contribution in [3.8, 4) is 10.4 Å². The van der Waals surface area contributed by atoms with Crippen LogP contribution in [0.4, 0.5) is 18.9 Å². The third kappa shape index (κ3) is 3.77.